The van der Waals surface area contributed by atoms with E-state index >= 15 is 0 Å². The van der Waals surface area contributed by atoms with Crippen LogP contribution < -0.4 is 15.2 Å². The van der Waals surface area contributed by atoms with Gasteiger partial charge in [-0.3, -0.25) is 10.1 Å². The van der Waals surface area contributed by atoms with Crippen molar-refractivity contribution in [2.75, 3.05) is 14.2 Å². The lowest BCUT2D eigenvalue weighted by Gasteiger charge is -2.20. The van der Waals surface area contributed by atoms with E-state index in [2.05, 4.69) is 0 Å². The molecular weight excluding hydrogens is 348 g/mol. The maximum atomic E-state index is 11.3. The number of aliphatic hydroxyl groups excluding tert-OH is 1. The van der Waals surface area contributed by atoms with Crippen molar-refractivity contribution in [1.82, 2.24) is 0 Å². The van der Waals surface area contributed by atoms with Gasteiger partial charge in [0.15, 0.2) is 11.5 Å². The van der Waals surface area contributed by atoms with Gasteiger partial charge in [0.1, 0.15) is 0 Å². The smallest absolute Gasteiger partial charge is 0.278 e. The molecule has 2 aromatic rings. The molecule has 0 radical (unpaired) electrons. The fourth-order valence-corrected chi connectivity index (χ4v) is 2.50. The number of nitrogens with zero attached hydrogens (tertiary/aromatic N) is 1. The van der Waals surface area contributed by atoms with Gasteiger partial charge in [-0.1, -0.05) is 30.3 Å². The largest absolute Gasteiger partial charge is 0.493 e. The summed E-state index contributed by atoms with van der Waals surface area (Å²) in [4.78, 5) is 10.8. The standard InChI is InChI=1S/C17H20N2O5.ClH/c1-23-15-9-12(13(19(21)22)10-16(15)24-2)17(18)14(20)8-11-6-4-3-5-7-11;/h3-7,9-10,14,17,20H,8,18H2,1-2H3;1H/t14-,17+;/m0./s1. The highest BCUT2D eigenvalue weighted by molar-refractivity contribution is 5.85. The number of halogens is 1. The van der Waals surface area contributed by atoms with Crippen LogP contribution in [-0.4, -0.2) is 30.4 Å². The van der Waals surface area contributed by atoms with Crippen LogP contribution in [-0.2, 0) is 6.42 Å². The molecule has 25 heavy (non-hydrogen) atoms. The molecule has 8 heteroatoms. The monoisotopic (exact) mass is 368 g/mol. The number of hydrogen-bond acceptors (Lipinski definition) is 6. The molecule has 7 nitrogen and oxygen atoms in total. The fraction of sp³-hybridized carbons (Fsp3) is 0.294. The van der Waals surface area contributed by atoms with Crippen LogP contribution in [0.4, 0.5) is 5.69 Å². The molecule has 0 unspecified atom stereocenters. The van der Waals surface area contributed by atoms with Gasteiger partial charge in [0, 0.05) is 6.42 Å². The van der Waals surface area contributed by atoms with E-state index in [0.717, 1.165) is 5.56 Å². The summed E-state index contributed by atoms with van der Waals surface area (Å²) in [5.74, 6) is 0.554. The van der Waals surface area contributed by atoms with Gasteiger partial charge in [-0.25, -0.2) is 0 Å². The summed E-state index contributed by atoms with van der Waals surface area (Å²) in [6.07, 6.45) is -0.697. The first-order valence-corrected chi connectivity index (χ1v) is 7.35. The number of nitrogens with two attached hydrogens (primary N) is 1. The summed E-state index contributed by atoms with van der Waals surface area (Å²) in [5.41, 5.74) is 6.96. The molecule has 2 rings (SSSR count). The molecule has 2 atom stereocenters. The van der Waals surface area contributed by atoms with Crippen molar-refractivity contribution in [3.63, 3.8) is 0 Å². The van der Waals surface area contributed by atoms with Gasteiger partial charge in [-0.2, -0.15) is 0 Å². The maximum absolute atomic E-state index is 11.3. The molecule has 0 aromatic heterocycles. The second-order valence-corrected chi connectivity index (χ2v) is 5.31. The molecule has 0 aliphatic heterocycles. The Morgan fingerprint density at radius 1 is 1.16 bits per heavy atom. The molecule has 0 fully saturated rings. The lowest BCUT2D eigenvalue weighted by molar-refractivity contribution is -0.385. The van der Waals surface area contributed by atoms with Crippen molar-refractivity contribution in [1.29, 1.82) is 0 Å². The molecular formula is C17H21ClN2O5. The van der Waals surface area contributed by atoms with Crippen LogP contribution in [0.3, 0.4) is 0 Å². The van der Waals surface area contributed by atoms with Gasteiger partial charge in [-0.15, -0.1) is 12.4 Å². The number of ether oxygens (including phenoxy) is 2. The number of methoxy groups -OCH3 is 2. The van der Waals surface area contributed by atoms with Gasteiger partial charge in [-0.05, 0) is 11.6 Å². The van der Waals surface area contributed by atoms with Crippen molar-refractivity contribution in [3.8, 4) is 11.5 Å². The lowest BCUT2D eigenvalue weighted by Crippen LogP contribution is -2.28. The normalized spacial score (nSPS) is 12.6. The van der Waals surface area contributed by atoms with E-state index in [1.54, 1.807) is 0 Å². The first-order chi connectivity index (χ1) is 11.5. The Labute approximate surface area is 151 Å². The summed E-state index contributed by atoms with van der Waals surface area (Å²) >= 11 is 0. The van der Waals surface area contributed by atoms with Crippen LogP contribution >= 0.6 is 12.4 Å². The Morgan fingerprint density at radius 3 is 2.24 bits per heavy atom. The third-order valence-corrected chi connectivity index (χ3v) is 3.79. The van der Waals surface area contributed by atoms with E-state index in [9.17, 15) is 15.2 Å². The third-order valence-electron chi connectivity index (χ3n) is 3.79. The van der Waals surface area contributed by atoms with Gasteiger partial charge in [0.2, 0.25) is 0 Å². The van der Waals surface area contributed by atoms with Crippen LogP contribution in [0.25, 0.3) is 0 Å². The third kappa shape index (κ3) is 4.82. The predicted molar refractivity (Wildman–Crippen MR) is 96.5 cm³/mol. The molecule has 0 saturated carbocycles. The topological polar surface area (TPSA) is 108 Å². The number of hydrogen-bond donors (Lipinski definition) is 2. The average molecular weight is 369 g/mol. The van der Waals surface area contributed by atoms with E-state index in [1.165, 1.54) is 26.4 Å². The molecule has 0 amide bonds. The Balaban J connectivity index is 0.00000312. The second-order valence-electron chi connectivity index (χ2n) is 5.31. The zero-order chi connectivity index (χ0) is 17.7. The summed E-state index contributed by atoms with van der Waals surface area (Å²) in [6.45, 7) is 0. The SMILES string of the molecule is COc1cc([C@@H](N)[C@@H](O)Cc2ccccc2)c([N+](=O)[O-])cc1OC.Cl. The minimum absolute atomic E-state index is 0. The van der Waals surface area contributed by atoms with E-state index in [-0.39, 0.29) is 35.8 Å². The summed E-state index contributed by atoms with van der Waals surface area (Å²) < 4.78 is 10.3. The minimum atomic E-state index is -0.982. The van der Waals surface area contributed by atoms with Crippen molar-refractivity contribution in [3.05, 3.63) is 63.7 Å². The Morgan fingerprint density at radius 2 is 1.72 bits per heavy atom. The molecule has 0 aliphatic rings. The minimum Gasteiger partial charge on any atom is -0.493 e. The fourth-order valence-electron chi connectivity index (χ4n) is 2.50. The summed E-state index contributed by atoms with van der Waals surface area (Å²) in [7, 11) is 2.82. The molecule has 0 aliphatic carbocycles. The summed E-state index contributed by atoms with van der Waals surface area (Å²) in [6, 6.07) is 11.1. The van der Waals surface area contributed by atoms with Gasteiger partial charge >= 0.3 is 0 Å². The van der Waals surface area contributed by atoms with Crippen LogP contribution in [0, 0.1) is 10.1 Å². The van der Waals surface area contributed by atoms with Crippen molar-refractivity contribution in [2.45, 2.75) is 18.6 Å². The van der Waals surface area contributed by atoms with Crippen molar-refractivity contribution in [2.24, 2.45) is 5.73 Å². The number of rotatable bonds is 7. The van der Waals surface area contributed by atoms with Crippen molar-refractivity contribution < 1.29 is 19.5 Å². The van der Waals surface area contributed by atoms with Gasteiger partial charge in [0.25, 0.3) is 5.69 Å². The molecule has 2 aromatic carbocycles. The van der Waals surface area contributed by atoms with Crippen molar-refractivity contribution >= 4 is 18.1 Å². The van der Waals surface area contributed by atoms with Crippen LogP contribution in [0.5, 0.6) is 11.5 Å². The first-order valence-electron chi connectivity index (χ1n) is 7.35. The van der Waals surface area contributed by atoms with Crippen LogP contribution in [0.15, 0.2) is 42.5 Å². The number of nitro groups is 1. The van der Waals surface area contributed by atoms with Crippen LogP contribution in [0.1, 0.15) is 17.2 Å². The molecule has 3 N–H and O–H groups in total. The van der Waals surface area contributed by atoms with Gasteiger partial charge < -0.3 is 20.3 Å². The highest BCUT2D eigenvalue weighted by atomic mass is 35.5. The van der Waals surface area contributed by atoms with Crippen LogP contribution in [0.2, 0.25) is 0 Å². The van der Waals surface area contributed by atoms with Gasteiger partial charge in [0.05, 0.1) is 42.9 Å². The quantitative estimate of drug-likeness (QED) is 0.574. The second kappa shape index (κ2) is 9.22. The highest BCUT2D eigenvalue weighted by Crippen LogP contribution is 2.37. The van der Waals surface area contributed by atoms with E-state index in [0.29, 0.717) is 5.75 Å². The van der Waals surface area contributed by atoms with E-state index in [1.807, 2.05) is 30.3 Å². The maximum Gasteiger partial charge on any atom is 0.278 e. The van der Waals surface area contributed by atoms with E-state index in [4.69, 9.17) is 15.2 Å². The first kappa shape index (κ1) is 20.7. The molecule has 0 spiro atoms. The Bertz CT molecular complexity index is 712. The van der Waals surface area contributed by atoms with E-state index < -0.39 is 17.1 Å². The Hall–Kier alpha value is -2.35. The number of aliphatic hydroxyl groups is 1. The lowest BCUT2D eigenvalue weighted by atomic mass is 9.95. The summed E-state index contributed by atoms with van der Waals surface area (Å²) in [5, 5.41) is 21.7. The zero-order valence-corrected chi connectivity index (χ0v) is 14.7. The molecule has 0 saturated heterocycles. The molecule has 0 heterocycles. The number of benzene rings is 2. The molecule has 0 bridgehead atoms. The highest BCUT2D eigenvalue weighted by Gasteiger charge is 2.28. The molecule has 136 valence electrons. The number of nitro benzene ring substituents is 1. The predicted octanol–water partition coefficient (Wildman–Crippen LogP) is 2.64. The zero-order valence-electron chi connectivity index (χ0n) is 13.9. The average Bonchev–Trinajstić information content (AvgIpc) is 2.60. The Kier molecular flexibility index (Phi) is 7.63.